The summed E-state index contributed by atoms with van der Waals surface area (Å²) in [5.41, 5.74) is 5.60. The summed E-state index contributed by atoms with van der Waals surface area (Å²) in [5, 5.41) is 1.65. The number of nitrogens with two attached hydrogens (primary N) is 1. The number of nitrogens with zero attached hydrogens (tertiary/aromatic N) is 2. The molecule has 3 nitrogen and oxygen atoms in total. The molecule has 1 fully saturated rings. The number of aromatic nitrogens is 2. The van der Waals surface area contributed by atoms with Crippen LogP contribution in [-0.4, -0.2) is 15.2 Å². The average Bonchev–Trinajstić information content (AvgIpc) is 2.24. The molecule has 2 atom stereocenters. The van der Waals surface area contributed by atoms with Crippen LogP contribution in [0.1, 0.15) is 32.6 Å². The minimum absolute atomic E-state index is 0.356. The van der Waals surface area contributed by atoms with Crippen LogP contribution in [-0.2, 0) is 0 Å². The molecule has 1 heterocycles. The Morgan fingerprint density at radius 3 is 3.06 bits per heavy atom. The maximum Gasteiger partial charge on any atom is 0.221 e. The summed E-state index contributed by atoms with van der Waals surface area (Å²) in [5.74, 6) is 1.19. The number of thioether (sulfide) groups is 1. The first kappa shape index (κ1) is 12.2. The van der Waals surface area contributed by atoms with E-state index in [-0.39, 0.29) is 0 Å². The number of nitrogen functional groups attached to an aromatic ring is 1. The highest BCUT2D eigenvalue weighted by Gasteiger charge is 2.21. The highest BCUT2D eigenvalue weighted by Crippen LogP contribution is 2.37. The van der Waals surface area contributed by atoms with E-state index >= 15 is 0 Å². The van der Waals surface area contributed by atoms with Gasteiger partial charge in [-0.25, -0.2) is 9.97 Å². The van der Waals surface area contributed by atoms with Gasteiger partial charge in [0.05, 0.1) is 4.47 Å². The Bertz CT molecular complexity index is 372. The van der Waals surface area contributed by atoms with E-state index in [1.54, 1.807) is 6.20 Å². The summed E-state index contributed by atoms with van der Waals surface area (Å²) < 4.78 is 0.949. The number of halogens is 1. The van der Waals surface area contributed by atoms with Crippen LogP contribution < -0.4 is 5.73 Å². The number of hydrogen-bond acceptors (Lipinski definition) is 4. The second kappa shape index (κ2) is 5.36. The van der Waals surface area contributed by atoms with Gasteiger partial charge in [-0.15, -0.1) is 11.8 Å². The third kappa shape index (κ3) is 3.10. The molecule has 16 heavy (non-hydrogen) atoms. The van der Waals surface area contributed by atoms with Gasteiger partial charge in [-0.05, 0) is 34.7 Å². The van der Waals surface area contributed by atoms with Crippen molar-refractivity contribution in [3.63, 3.8) is 0 Å². The maximum absolute atomic E-state index is 5.60. The minimum Gasteiger partial charge on any atom is -0.368 e. The lowest BCUT2D eigenvalue weighted by Gasteiger charge is -2.25. The number of rotatable bonds is 2. The van der Waals surface area contributed by atoms with Gasteiger partial charge in [0.2, 0.25) is 5.95 Å². The highest BCUT2D eigenvalue weighted by molar-refractivity contribution is 9.10. The molecule has 2 unspecified atom stereocenters. The van der Waals surface area contributed by atoms with Crippen LogP contribution in [0.2, 0.25) is 0 Å². The van der Waals surface area contributed by atoms with Gasteiger partial charge in [0.1, 0.15) is 5.03 Å². The van der Waals surface area contributed by atoms with E-state index in [1.165, 1.54) is 25.7 Å². The fraction of sp³-hybridized carbons (Fsp3) is 0.636. The van der Waals surface area contributed by atoms with E-state index in [2.05, 4.69) is 32.8 Å². The van der Waals surface area contributed by atoms with E-state index in [0.29, 0.717) is 11.2 Å². The smallest absolute Gasteiger partial charge is 0.221 e. The maximum atomic E-state index is 5.60. The summed E-state index contributed by atoms with van der Waals surface area (Å²) in [6, 6.07) is 0. The fourth-order valence-corrected chi connectivity index (χ4v) is 3.90. The molecule has 5 heteroatoms. The van der Waals surface area contributed by atoms with Crippen LogP contribution in [0.4, 0.5) is 5.95 Å². The van der Waals surface area contributed by atoms with Crippen molar-refractivity contribution < 1.29 is 0 Å². The van der Waals surface area contributed by atoms with Crippen molar-refractivity contribution in [3.05, 3.63) is 10.7 Å². The van der Waals surface area contributed by atoms with E-state index in [4.69, 9.17) is 5.73 Å². The molecule has 0 bridgehead atoms. The zero-order chi connectivity index (χ0) is 11.5. The van der Waals surface area contributed by atoms with Gasteiger partial charge in [-0.3, -0.25) is 0 Å². The van der Waals surface area contributed by atoms with Crippen LogP contribution in [0.25, 0.3) is 0 Å². The Morgan fingerprint density at radius 2 is 2.31 bits per heavy atom. The molecule has 1 aromatic heterocycles. The molecular formula is C11H16BrN3S. The molecule has 1 aliphatic carbocycles. The lowest BCUT2D eigenvalue weighted by atomic mass is 9.91. The van der Waals surface area contributed by atoms with Crippen LogP contribution in [0, 0.1) is 5.92 Å². The van der Waals surface area contributed by atoms with Crippen molar-refractivity contribution in [1.29, 1.82) is 0 Å². The van der Waals surface area contributed by atoms with E-state index in [0.717, 1.165) is 15.4 Å². The molecule has 0 saturated heterocycles. The zero-order valence-electron chi connectivity index (χ0n) is 9.32. The van der Waals surface area contributed by atoms with Gasteiger partial charge in [0.15, 0.2) is 0 Å². The monoisotopic (exact) mass is 301 g/mol. The van der Waals surface area contributed by atoms with Crippen molar-refractivity contribution in [2.75, 3.05) is 5.73 Å². The SMILES string of the molecule is CC1CCCC(Sc2nc(N)ncc2Br)C1. The van der Waals surface area contributed by atoms with Gasteiger partial charge in [0, 0.05) is 11.4 Å². The summed E-state index contributed by atoms with van der Waals surface area (Å²) in [6.07, 6.45) is 6.99. The van der Waals surface area contributed by atoms with Crippen molar-refractivity contribution in [1.82, 2.24) is 9.97 Å². The fourth-order valence-electron chi connectivity index (χ4n) is 2.09. The molecule has 1 saturated carbocycles. The largest absolute Gasteiger partial charge is 0.368 e. The molecule has 88 valence electrons. The minimum atomic E-state index is 0.356. The van der Waals surface area contributed by atoms with Crippen LogP contribution in [0.3, 0.4) is 0 Å². The Hall–Kier alpha value is -0.290. The molecule has 2 N–H and O–H groups in total. The second-order valence-corrected chi connectivity index (χ2v) is 6.54. The normalized spacial score (nSPS) is 25.6. The molecule has 1 aromatic rings. The summed E-state index contributed by atoms with van der Waals surface area (Å²) in [4.78, 5) is 8.23. The van der Waals surface area contributed by atoms with Crippen molar-refractivity contribution in [2.24, 2.45) is 5.92 Å². The standard InChI is InChI=1S/C11H16BrN3S/c1-7-3-2-4-8(5-7)16-10-9(12)6-14-11(13)15-10/h6-8H,2-5H2,1H3,(H2,13,14,15). The van der Waals surface area contributed by atoms with Crippen molar-refractivity contribution >= 4 is 33.6 Å². The highest BCUT2D eigenvalue weighted by atomic mass is 79.9. The summed E-state index contributed by atoms with van der Waals surface area (Å²) in [6.45, 7) is 2.33. The molecule has 0 aliphatic heterocycles. The number of anilines is 1. The first-order valence-electron chi connectivity index (χ1n) is 5.60. The Labute approximate surface area is 109 Å². The third-order valence-electron chi connectivity index (χ3n) is 2.90. The molecule has 0 amide bonds. The Kier molecular flexibility index (Phi) is 4.08. The Balaban J connectivity index is 2.05. The topological polar surface area (TPSA) is 51.8 Å². The predicted octanol–water partition coefficient (Wildman–Crippen LogP) is 3.49. The van der Waals surface area contributed by atoms with Crippen LogP contribution >= 0.6 is 27.7 Å². The third-order valence-corrected chi connectivity index (χ3v) is 5.04. The van der Waals surface area contributed by atoms with E-state index < -0.39 is 0 Å². The quantitative estimate of drug-likeness (QED) is 0.850. The first-order chi connectivity index (χ1) is 7.65. The molecule has 1 aliphatic rings. The molecule has 0 aromatic carbocycles. The molecular weight excluding hydrogens is 286 g/mol. The van der Waals surface area contributed by atoms with Crippen LogP contribution in [0.5, 0.6) is 0 Å². The van der Waals surface area contributed by atoms with Gasteiger partial charge in [-0.1, -0.05) is 19.8 Å². The van der Waals surface area contributed by atoms with Gasteiger partial charge < -0.3 is 5.73 Å². The Morgan fingerprint density at radius 1 is 1.50 bits per heavy atom. The van der Waals surface area contributed by atoms with Crippen molar-refractivity contribution in [2.45, 2.75) is 42.9 Å². The molecule has 0 spiro atoms. The van der Waals surface area contributed by atoms with Gasteiger partial charge >= 0.3 is 0 Å². The van der Waals surface area contributed by atoms with E-state index in [1.807, 2.05) is 11.8 Å². The lowest BCUT2D eigenvalue weighted by Crippen LogP contribution is -2.15. The lowest BCUT2D eigenvalue weighted by molar-refractivity contribution is 0.394. The van der Waals surface area contributed by atoms with Crippen LogP contribution in [0.15, 0.2) is 15.7 Å². The summed E-state index contributed by atoms with van der Waals surface area (Å²) in [7, 11) is 0. The summed E-state index contributed by atoms with van der Waals surface area (Å²) >= 11 is 5.30. The second-order valence-electron chi connectivity index (χ2n) is 4.39. The van der Waals surface area contributed by atoms with Crippen molar-refractivity contribution in [3.8, 4) is 0 Å². The molecule has 2 rings (SSSR count). The molecule has 0 radical (unpaired) electrons. The first-order valence-corrected chi connectivity index (χ1v) is 7.27. The predicted molar refractivity (Wildman–Crippen MR) is 71.4 cm³/mol. The zero-order valence-corrected chi connectivity index (χ0v) is 11.7. The van der Waals surface area contributed by atoms with E-state index in [9.17, 15) is 0 Å². The number of hydrogen-bond donors (Lipinski definition) is 1. The average molecular weight is 302 g/mol. The van der Waals surface area contributed by atoms with Gasteiger partial charge in [0.25, 0.3) is 0 Å². The van der Waals surface area contributed by atoms with Gasteiger partial charge in [-0.2, -0.15) is 0 Å².